The van der Waals surface area contributed by atoms with Crippen LogP contribution in [0.5, 0.6) is 0 Å². The van der Waals surface area contributed by atoms with Gasteiger partial charge in [0.1, 0.15) is 0 Å². The predicted molar refractivity (Wildman–Crippen MR) is 45.6 cm³/mol. The summed E-state index contributed by atoms with van der Waals surface area (Å²) >= 11 is 1.69. The first-order chi connectivity index (χ1) is 4.93. The summed E-state index contributed by atoms with van der Waals surface area (Å²) in [6.45, 7) is 3.91. The molecule has 0 saturated carbocycles. The van der Waals surface area contributed by atoms with Crippen molar-refractivity contribution in [3.8, 4) is 0 Å². The van der Waals surface area contributed by atoms with Crippen LogP contribution in [-0.2, 0) is 4.74 Å². The topological polar surface area (TPSA) is 21.6 Å². The van der Waals surface area contributed by atoms with E-state index in [-0.39, 0.29) is 0 Å². The molecule has 1 heterocycles. The van der Waals surface area contributed by atoms with Gasteiger partial charge in [-0.3, -0.25) is 0 Å². The summed E-state index contributed by atoms with van der Waals surface area (Å²) in [5.41, 5.74) is 0. The van der Waals surface area contributed by atoms with Crippen LogP contribution in [0.15, 0.2) is 4.99 Å². The van der Waals surface area contributed by atoms with Gasteiger partial charge in [-0.25, -0.2) is 4.99 Å². The van der Waals surface area contributed by atoms with Crippen molar-refractivity contribution < 1.29 is 4.74 Å². The fourth-order valence-electron chi connectivity index (χ4n) is 0.800. The summed E-state index contributed by atoms with van der Waals surface area (Å²) in [7, 11) is 0. The number of nitrogens with zero attached hydrogens (tertiary/aromatic N) is 1. The van der Waals surface area contributed by atoms with Crippen molar-refractivity contribution >= 4 is 17.0 Å². The Morgan fingerprint density at radius 1 is 1.60 bits per heavy atom. The summed E-state index contributed by atoms with van der Waals surface area (Å²) in [5, 5.41) is 0.889. The molecule has 1 aliphatic heterocycles. The Morgan fingerprint density at radius 2 is 2.50 bits per heavy atom. The van der Waals surface area contributed by atoms with E-state index in [1.165, 1.54) is 6.42 Å². The number of aliphatic imine (C=N–C) groups is 1. The number of hydrogen-bond acceptors (Lipinski definition) is 3. The average molecular weight is 159 g/mol. The second kappa shape index (κ2) is 4.61. The fraction of sp³-hybridized carbons (Fsp3) is 0.857. The highest BCUT2D eigenvalue weighted by Gasteiger charge is 2.02. The molecule has 0 spiro atoms. The third kappa shape index (κ3) is 2.60. The van der Waals surface area contributed by atoms with Gasteiger partial charge in [-0.15, -0.1) is 0 Å². The molecule has 0 aromatic rings. The van der Waals surface area contributed by atoms with E-state index in [0.717, 1.165) is 30.6 Å². The quantitative estimate of drug-likeness (QED) is 0.583. The van der Waals surface area contributed by atoms with Crippen molar-refractivity contribution in [1.82, 2.24) is 0 Å². The van der Waals surface area contributed by atoms with E-state index in [1.54, 1.807) is 11.8 Å². The lowest BCUT2D eigenvalue weighted by atomic mass is 10.3. The van der Waals surface area contributed by atoms with Crippen LogP contribution in [-0.4, -0.2) is 24.1 Å². The van der Waals surface area contributed by atoms with Crippen LogP contribution < -0.4 is 0 Å². The average Bonchev–Trinajstić information content (AvgIpc) is 2.17. The van der Waals surface area contributed by atoms with E-state index >= 15 is 0 Å². The van der Waals surface area contributed by atoms with Gasteiger partial charge < -0.3 is 4.74 Å². The molecule has 0 saturated heterocycles. The normalized spacial score (nSPS) is 19.1. The van der Waals surface area contributed by atoms with Crippen LogP contribution >= 0.6 is 11.8 Å². The predicted octanol–water partition coefficient (Wildman–Crippen LogP) is 1.91. The minimum absolute atomic E-state index is 0.853. The zero-order valence-corrected chi connectivity index (χ0v) is 7.12. The van der Waals surface area contributed by atoms with E-state index in [0.29, 0.717) is 0 Å². The van der Waals surface area contributed by atoms with Crippen LogP contribution in [0, 0.1) is 0 Å². The number of thioether (sulfide) groups is 1. The highest BCUT2D eigenvalue weighted by molar-refractivity contribution is 8.13. The fourth-order valence-corrected chi connectivity index (χ4v) is 1.40. The molecule has 2 nitrogen and oxygen atoms in total. The Morgan fingerprint density at radius 3 is 3.30 bits per heavy atom. The lowest BCUT2D eigenvalue weighted by Gasteiger charge is -2.02. The molecule has 0 aromatic heterocycles. The molecule has 0 aromatic carbocycles. The van der Waals surface area contributed by atoms with Crippen LogP contribution in [0.3, 0.4) is 0 Å². The lowest BCUT2D eigenvalue weighted by Crippen LogP contribution is -1.99. The SMILES string of the molecule is CCSC1=NCCCCO1. The Labute approximate surface area is 66.1 Å². The number of rotatable bonds is 1. The molecule has 0 N–H and O–H groups in total. The van der Waals surface area contributed by atoms with E-state index in [1.807, 2.05) is 0 Å². The monoisotopic (exact) mass is 159 g/mol. The van der Waals surface area contributed by atoms with E-state index in [4.69, 9.17) is 4.74 Å². The zero-order chi connectivity index (χ0) is 7.23. The van der Waals surface area contributed by atoms with Gasteiger partial charge >= 0.3 is 0 Å². The molecule has 58 valence electrons. The molecule has 10 heavy (non-hydrogen) atoms. The van der Waals surface area contributed by atoms with Crippen LogP contribution in [0.2, 0.25) is 0 Å². The van der Waals surface area contributed by atoms with Crippen molar-refractivity contribution in [3.63, 3.8) is 0 Å². The van der Waals surface area contributed by atoms with Crippen molar-refractivity contribution in [2.24, 2.45) is 4.99 Å². The van der Waals surface area contributed by atoms with Crippen molar-refractivity contribution in [3.05, 3.63) is 0 Å². The maximum atomic E-state index is 5.36. The smallest absolute Gasteiger partial charge is 0.245 e. The molecule has 3 heteroatoms. The summed E-state index contributed by atoms with van der Waals surface area (Å²) in [6, 6.07) is 0. The minimum Gasteiger partial charge on any atom is -0.473 e. The van der Waals surface area contributed by atoms with Crippen molar-refractivity contribution in [2.45, 2.75) is 19.8 Å². The molecule has 1 rings (SSSR count). The molecule has 0 amide bonds. The molecular formula is C7H13NOS. The van der Waals surface area contributed by atoms with Gasteiger partial charge in [-0.2, -0.15) is 0 Å². The second-order valence-corrected chi connectivity index (χ2v) is 3.35. The highest BCUT2D eigenvalue weighted by Crippen LogP contribution is 2.09. The second-order valence-electron chi connectivity index (χ2n) is 2.14. The first kappa shape index (κ1) is 7.92. The van der Waals surface area contributed by atoms with Gasteiger partial charge in [-0.05, 0) is 18.6 Å². The summed E-state index contributed by atoms with van der Waals surface area (Å²) < 4.78 is 5.36. The molecule has 0 bridgehead atoms. The standard InChI is InChI=1S/C7H13NOS/c1-2-10-7-8-5-3-4-6-9-7/h2-6H2,1H3. The first-order valence-corrected chi connectivity index (χ1v) is 4.72. The van der Waals surface area contributed by atoms with E-state index in [2.05, 4.69) is 11.9 Å². The molecule has 0 radical (unpaired) electrons. The maximum Gasteiger partial charge on any atom is 0.245 e. The minimum atomic E-state index is 0.853. The molecule has 0 fully saturated rings. The van der Waals surface area contributed by atoms with Gasteiger partial charge in [0.05, 0.1) is 6.61 Å². The molecule has 1 aliphatic rings. The molecule has 0 unspecified atom stereocenters. The number of hydrogen-bond donors (Lipinski definition) is 0. The zero-order valence-electron chi connectivity index (χ0n) is 6.30. The number of ether oxygens (including phenoxy) is 1. The molecule has 0 atom stereocenters. The summed E-state index contributed by atoms with van der Waals surface area (Å²) in [5.74, 6) is 1.05. The Bertz CT molecular complexity index is 125. The summed E-state index contributed by atoms with van der Waals surface area (Å²) in [6.07, 6.45) is 2.32. The van der Waals surface area contributed by atoms with Crippen LogP contribution in [0.4, 0.5) is 0 Å². The summed E-state index contributed by atoms with van der Waals surface area (Å²) in [4.78, 5) is 4.27. The largest absolute Gasteiger partial charge is 0.473 e. The Hall–Kier alpha value is -0.180. The van der Waals surface area contributed by atoms with E-state index < -0.39 is 0 Å². The van der Waals surface area contributed by atoms with Crippen molar-refractivity contribution in [2.75, 3.05) is 18.9 Å². The van der Waals surface area contributed by atoms with Gasteiger partial charge in [0.15, 0.2) is 0 Å². The first-order valence-electron chi connectivity index (χ1n) is 3.73. The van der Waals surface area contributed by atoms with Crippen LogP contribution in [0.25, 0.3) is 0 Å². The van der Waals surface area contributed by atoms with Crippen LogP contribution in [0.1, 0.15) is 19.8 Å². The van der Waals surface area contributed by atoms with Crippen molar-refractivity contribution in [1.29, 1.82) is 0 Å². The Kier molecular flexibility index (Phi) is 3.65. The van der Waals surface area contributed by atoms with E-state index in [9.17, 15) is 0 Å². The van der Waals surface area contributed by atoms with Gasteiger partial charge in [0, 0.05) is 6.54 Å². The van der Waals surface area contributed by atoms with Gasteiger partial charge in [-0.1, -0.05) is 18.7 Å². The Balaban J connectivity index is 2.31. The molecule has 0 aliphatic carbocycles. The third-order valence-electron chi connectivity index (χ3n) is 1.29. The van der Waals surface area contributed by atoms with Gasteiger partial charge in [0.25, 0.3) is 0 Å². The third-order valence-corrected chi connectivity index (χ3v) is 2.07. The lowest BCUT2D eigenvalue weighted by molar-refractivity contribution is 0.314. The van der Waals surface area contributed by atoms with Gasteiger partial charge in [0.2, 0.25) is 5.23 Å². The molecular weight excluding hydrogens is 146 g/mol. The highest BCUT2D eigenvalue weighted by atomic mass is 32.2. The maximum absolute atomic E-state index is 5.36.